The summed E-state index contributed by atoms with van der Waals surface area (Å²) in [5.41, 5.74) is 0.344. The van der Waals surface area contributed by atoms with Crippen LogP contribution in [0, 0.1) is 15.9 Å². The van der Waals surface area contributed by atoms with Crippen LogP contribution in [-0.4, -0.2) is 16.5 Å². The summed E-state index contributed by atoms with van der Waals surface area (Å²) in [6.07, 6.45) is 1.96. The fraction of sp³-hybridized carbons (Fsp3) is 0.444. The first-order chi connectivity index (χ1) is 7.06. The minimum absolute atomic E-state index is 0.0989. The minimum Gasteiger partial charge on any atom is -0.265 e. The zero-order valence-electron chi connectivity index (χ0n) is 8.11. The van der Waals surface area contributed by atoms with Gasteiger partial charge in [0.1, 0.15) is 4.60 Å². The second-order valence-electron chi connectivity index (χ2n) is 3.13. The molecule has 15 heavy (non-hydrogen) atoms. The van der Waals surface area contributed by atoms with Crippen molar-refractivity contribution in [2.24, 2.45) is 0 Å². The third-order valence-electron chi connectivity index (χ3n) is 2.18. The summed E-state index contributed by atoms with van der Waals surface area (Å²) in [6, 6.07) is 1.48. The molecule has 1 aromatic rings. The fourth-order valence-electron chi connectivity index (χ4n) is 1.37. The largest absolute Gasteiger partial charge is 0.265 e. The molecule has 4 nitrogen and oxygen atoms in total. The molecule has 1 unspecified atom stereocenters. The number of hydrogen-bond acceptors (Lipinski definition) is 3. The molecule has 0 aliphatic heterocycles. The summed E-state index contributed by atoms with van der Waals surface area (Å²) >= 11 is 2.95. The van der Waals surface area contributed by atoms with Crippen molar-refractivity contribution >= 4 is 15.9 Å². The van der Waals surface area contributed by atoms with Gasteiger partial charge in [-0.1, -0.05) is 6.92 Å². The van der Waals surface area contributed by atoms with E-state index >= 15 is 0 Å². The predicted octanol–water partition coefficient (Wildman–Crippen LogP) is 2.75. The maximum atomic E-state index is 13.6. The van der Waals surface area contributed by atoms with Crippen molar-refractivity contribution in [3.8, 4) is 0 Å². The number of nitrogens with zero attached hydrogens (tertiary/aromatic N) is 2. The summed E-state index contributed by atoms with van der Waals surface area (Å²) in [5.74, 6) is -0.912. The second-order valence-corrected chi connectivity index (χ2v) is 3.88. The van der Waals surface area contributed by atoms with Gasteiger partial charge < -0.3 is 0 Å². The molecule has 0 bridgehead atoms. The average Bonchev–Trinajstić information content (AvgIpc) is 2.19. The lowest BCUT2D eigenvalue weighted by Crippen LogP contribution is -2.13. The van der Waals surface area contributed by atoms with Crippen molar-refractivity contribution in [1.29, 1.82) is 0 Å². The van der Waals surface area contributed by atoms with Crippen LogP contribution in [0.15, 0.2) is 16.9 Å². The van der Waals surface area contributed by atoms with Crippen LogP contribution in [0.5, 0.6) is 0 Å². The summed E-state index contributed by atoms with van der Waals surface area (Å²) in [7, 11) is 0. The van der Waals surface area contributed by atoms with Gasteiger partial charge in [0.05, 0.1) is 5.92 Å². The van der Waals surface area contributed by atoms with Gasteiger partial charge in [-0.3, -0.25) is 10.1 Å². The number of hydrogen-bond donors (Lipinski definition) is 0. The molecule has 1 rings (SSSR count). The SMILES string of the molecule is CCC(C[N+](=O)[O-])c1ccnc(Br)c1F. The van der Waals surface area contributed by atoms with E-state index in [9.17, 15) is 14.5 Å². The molecule has 0 saturated carbocycles. The minimum atomic E-state index is -0.508. The first-order valence-electron chi connectivity index (χ1n) is 4.48. The van der Waals surface area contributed by atoms with Crippen molar-refractivity contribution in [3.63, 3.8) is 0 Å². The Bertz CT molecular complexity index is 373. The molecule has 0 saturated heterocycles. The van der Waals surface area contributed by atoms with Gasteiger partial charge in [0.2, 0.25) is 6.54 Å². The van der Waals surface area contributed by atoms with E-state index in [1.807, 2.05) is 0 Å². The standard InChI is InChI=1S/C9H10BrFN2O2/c1-2-6(5-13(14)15)7-3-4-12-9(10)8(7)11/h3-4,6H,2,5H2,1H3. The maximum Gasteiger partial charge on any atom is 0.210 e. The Kier molecular flexibility index (Phi) is 4.14. The molecule has 1 aromatic heterocycles. The third kappa shape index (κ3) is 2.95. The smallest absolute Gasteiger partial charge is 0.210 e. The van der Waals surface area contributed by atoms with Gasteiger partial charge in [-0.15, -0.1) is 0 Å². The molecular formula is C9H10BrFN2O2. The normalized spacial score (nSPS) is 12.5. The Hall–Kier alpha value is -1.04. The maximum absolute atomic E-state index is 13.6. The molecule has 1 atom stereocenters. The lowest BCUT2D eigenvalue weighted by molar-refractivity contribution is -0.483. The first-order valence-corrected chi connectivity index (χ1v) is 5.27. The predicted molar refractivity (Wildman–Crippen MR) is 56.8 cm³/mol. The molecule has 1 heterocycles. The first kappa shape index (κ1) is 12.0. The van der Waals surface area contributed by atoms with Crippen molar-refractivity contribution < 1.29 is 9.31 Å². The van der Waals surface area contributed by atoms with Crippen molar-refractivity contribution in [2.45, 2.75) is 19.3 Å². The van der Waals surface area contributed by atoms with Crippen LogP contribution < -0.4 is 0 Å². The lowest BCUT2D eigenvalue weighted by atomic mass is 9.97. The molecular weight excluding hydrogens is 267 g/mol. The van der Waals surface area contributed by atoms with Crippen LogP contribution in [0.2, 0.25) is 0 Å². The quantitative estimate of drug-likeness (QED) is 0.483. The zero-order valence-corrected chi connectivity index (χ0v) is 9.70. The van der Waals surface area contributed by atoms with Crippen LogP contribution in [0.1, 0.15) is 24.8 Å². The van der Waals surface area contributed by atoms with Gasteiger partial charge in [0.15, 0.2) is 5.82 Å². The number of pyridine rings is 1. The summed E-state index contributed by atoms with van der Waals surface area (Å²) < 4.78 is 13.7. The monoisotopic (exact) mass is 276 g/mol. The average molecular weight is 277 g/mol. The van der Waals surface area contributed by atoms with Gasteiger partial charge >= 0.3 is 0 Å². The Morgan fingerprint density at radius 3 is 2.93 bits per heavy atom. The van der Waals surface area contributed by atoms with Crippen molar-refractivity contribution in [1.82, 2.24) is 4.98 Å². The lowest BCUT2D eigenvalue weighted by Gasteiger charge is -2.11. The second kappa shape index (κ2) is 5.16. The molecule has 0 radical (unpaired) electrons. The van der Waals surface area contributed by atoms with Crippen LogP contribution >= 0.6 is 15.9 Å². The Balaban J connectivity index is 3.01. The summed E-state index contributed by atoms with van der Waals surface area (Å²) in [6.45, 7) is 1.53. The van der Waals surface area contributed by atoms with E-state index in [1.54, 1.807) is 6.92 Å². The van der Waals surface area contributed by atoms with E-state index in [-0.39, 0.29) is 11.1 Å². The van der Waals surface area contributed by atoms with Crippen molar-refractivity contribution in [2.75, 3.05) is 6.54 Å². The summed E-state index contributed by atoms with van der Waals surface area (Å²) in [5, 5.41) is 10.4. The van der Waals surface area contributed by atoms with Crippen LogP contribution in [-0.2, 0) is 0 Å². The Morgan fingerprint density at radius 2 is 2.40 bits per heavy atom. The van der Waals surface area contributed by atoms with Gasteiger partial charge in [0, 0.05) is 16.7 Å². The third-order valence-corrected chi connectivity index (χ3v) is 2.73. The number of halogens is 2. The molecule has 0 aliphatic rings. The highest BCUT2D eigenvalue weighted by molar-refractivity contribution is 9.10. The highest BCUT2D eigenvalue weighted by Gasteiger charge is 2.20. The molecule has 6 heteroatoms. The van der Waals surface area contributed by atoms with Crippen molar-refractivity contribution in [3.05, 3.63) is 38.4 Å². The van der Waals surface area contributed by atoms with E-state index in [0.29, 0.717) is 12.0 Å². The van der Waals surface area contributed by atoms with E-state index in [2.05, 4.69) is 20.9 Å². The molecule has 0 aromatic carbocycles. The molecule has 82 valence electrons. The van der Waals surface area contributed by atoms with Crippen LogP contribution in [0.3, 0.4) is 0 Å². The fourth-order valence-corrected chi connectivity index (χ4v) is 1.72. The molecule has 0 spiro atoms. The zero-order chi connectivity index (χ0) is 11.4. The van der Waals surface area contributed by atoms with Crippen LogP contribution in [0.4, 0.5) is 4.39 Å². The number of nitro groups is 1. The molecule has 0 amide bonds. The number of aromatic nitrogens is 1. The van der Waals surface area contributed by atoms with Crippen LogP contribution in [0.25, 0.3) is 0 Å². The van der Waals surface area contributed by atoms with Gasteiger partial charge in [0.25, 0.3) is 0 Å². The van der Waals surface area contributed by atoms with E-state index in [1.165, 1.54) is 12.3 Å². The molecule has 0 aliphatic carbocycles. The summed E-state index contributed by atoms with van der Waals surface area (Å²) in [4.78, 5) is 13.7. The van der Waals surface area contributed by atoms with E-state index < -0.39 is 16.7 Å². The van der Waals surface area contributed by atoms with Gasteiger partial charge in [-0.2, -0.15) is 0 Å². The number of rotatable bonds is 4. The molecule has 0 fully saturated rings. The molecule has 0 N–H and O–H groups in total. The highest BCUT2D eigenvalue weighted by Crippen LogP contribution is 2.25. The van der Waals surface area contributed by atoms with Gasteiger partial charge in [-0.25, -0.2) is 9.37 Å². The van der Waals surface area contributed by atoms with E-state index in [0.717, 1.165) is 0 Å². The Labute approximate surface area is 94.8 Å². The Morgan fingerprint density at radius 1 is 1.73 bits per heavy atom. The topological polar surface area (TPSA) is 56.0 Å². The highest BCUT2D eigenvalue weighted by atomic mass is 79.9. The van der Waals surface area contributed by atoms with Gasteiger partial charge in [-0.05, 0) is 28.4 Å². The van der Waals surface area contributed by atoms with E-state index in [4.69, 9.17) is 0 Å².